The summed E-state index contributed by atoms with van der Waals surface area (Å²) in [7, 11) is 0. The van der Waals surface area contributed by atoms with Crippen molar-refractivity contribution in [2.75, 3.05) is 0 Å². The summed E-state index contributed by atoms with van der Waals surface area (Å²) in [5.74, 6) is 0. The fourth-order valence-corrected chi connectivity index (χ4v) is 9.41. The van der Waals surface area contributed by atoms with E-state index in [-0.39, 0.29) is 0 Å². The molecule has 0 atom stereocenters. The summed E-state index contributed by atoms with van der Waals surface area (Å²) in [6, 6.07) is 14.7. The molecule has 0 fully saturated rings. The Kier molecular flexibility index (Phi) is 5.39. The normalized spacial score (nSPS) is 11.2. The Bertz CT molecular complexity index is 548. The molecule has 0 saturated heterocycles. The molecule has 0 saturated carbocycles. The Balaban J connectivity index is 2.08. The van der Waals surface area contributed by atoms with Gasteiger partial charge in [-0.3, -0.25) is 0 Å². The predicted molar refractivity (Wildman–Crippen MR) is 75.6 cm³/mol. The first-order chi connectivity index (χ1) is 9.06. The third-order valence-corrected chi connectivity index (χ3v) is 11.7. The summed E-state index contributed by atoms with van der Waals surface area (Å²) in [5.41, 5.74) is 2.21. The van der Waals surface area contributed by atoms with Gasteiger partial charge in [0.25, 0.3) is 0 Å². The van der Waals surface area contributed by atoms with Gasteiger partial charge in [-0.25, -0.2) is 0 Å². The van der Waals surface area contributed by atoms with E-state index in [4.69, 9.17) is 1.47 Å². The van der Waals surface area contributed by atoms with Crippen molar-refractivity contribution < 1.29 is 7.67 Å². The molecule has 5 heteroatoms. The van der Waals surface area contributed by atoms with Gasteiger partial charge in [0.05, 0.1) is 0 Å². The molecule has 0 bridgehead atoms. The van der Waals surface area contributed by atoms with Crippen molar-refractivity contribution in [3.8, 4) is 0 Å². The fraction of sp³-hybridized carbons (Fsp3) is 0.143. The molecule has 0 amide bonds. The average molecular weight is 485 g/mol. The number of aryl methyl sites for hydroxylation is 2. The SMILES string of the molecule is Cc1ccc([Te](=O)O[Te](=O)c2ccc(C)cc2)cc1. The molecule has 0 unspecified atom stereocenters. The Morgan fingerprint density at radius 1 is 0.684 bits per heavy atom. The van der Waals surface area contributed by atoms with Crippen LogP contribution in [0.3, 0.4) is 0 Å². The molecule has 0 aliphatic carbocycles. The van der Waals surface area contributed by atoms with Crippen molar-refractivity contribution >= 4 is 47.1 Å². The molecule has 0 N–H and O–H groups in total. The van der Waals surface area contributed by atoms with E-state index >= 15 is 0 Å². The second-order valence-corrected chi connectivity index (χ2v) is 12.5. The third-order valence-electron chi connectivity index (χ3n) is 2.55. The van der Waals surface area contributed by atoms with Crippen molar-refractivity contribution in [1.29, 1.82) is 0 Å². The van der Waals surface area contributed by atoms with Crippen molar-refractivity contribution in [2.24, 2.45) is 0 Å². The monoisotopic (exact) mass is 490 g/mol. The molecule has 0 aliphatic rings. The van der Waals surface area contributed by atoms with E-state index in [1.54, 1.807) is 24.3 Å². The standard InChI is InChI=1S/C14H14O3Te2/c1-11-3-7-13(8-4-11)18(15)17-19(16)14-9-5-12(2)6-10-14/h3-10H,1-2H3. The van der Waals surface area contributed by atoms with Gasteiger partial charge in [0.2, 0.25) is 0 Å². The first kappa shape index (κ1) is 15.0. The van der Waals surface area contributed by atoms with Crippen molar-refractivity contribution in [2.45, 2.75) is 13.8 Å². The molecule has 100 valence electrons. The van der Waals surface area contributed by atoms with E-state index in [1.165, 1.54) is 0 Å². The summed E-state index contributed by atoms with van der Waals surface area (Å²) < 4.78 is 30.9. The van der Waals surface area contributed by atoms with Gasteiger partial charge in [0, 0.05) is 0 Å². The van der Waals surface area contributed by atoms with E-state index in [2.05, 4.69) is 0 Å². The van der Waals surface area contributed by atoms with Crippen LogP contribution in [0, 0.1) is 13.8 Å². The number of rotatable bonds is 4. The van der Waals surface area contributed by atoms with Crippen molar-refractivity contribution in [3.63, 3.8) is 0 Å². The molecular weight excluding hydrogens is 471 g/mol. The van der Waals surface area contributed by atoms with Crippen LogP contribution in [0.15, 0.2) is 48.5 Å². The Morgan fingerprint density at radius 3 is 1.32 bits per heavy atom. The summed E-state index contributed by atoms with van der Waals surface area (Å²) in [4.78, 5) is 0. The minimum atomic E-state index is -3.13. The number of hydrogen-bond donors (Lipinski definition) is 0. The summed E-state index contributed by atoms with van der Waals surface area (Å²) in [5, 5.41) is 0. The second kappa shape index (κ2) is 6.84. The van der Waals surface area contributed by atoms with Crippen LogP contribution in [0.1, 0.15) is 11.1 Å². The van der Waals surface area contributed by atoms with Crippen LogP contribution in [0.25, 0.3) is 0 Å². The van der Waals surface area contributed by atoms with Crippen LogP contribution < -0.4 is 7.22 Å². The predicted octanol–water partition coefficient (Wildman–Crippen LogP) is 1.27. The van der Waals surface area contributed by atoms with Gasteiger partial charge >= 0.3 is 128 Å². The first-order valence-electron chi connectivity index (χ1n) is 5.72. The zero-order chi connectivity index (χ0) is 13.8. The maximum absolute atomic E-state index is 12.1. The van der Waals surface area contributed by atoms with Gasteiger partial charge in [-0.2, -0.15) is 0 Å². The molecule has 0 radical (unpaired) electrons. The molecule has 0 spiro atoms. The van der Waals surface area contributed by atoms with Crippen LogP contribution in [-0.2, 0) is 7.67 Å². The second-order valence-electron chi connectivity index (χ2n) is 4.16. The first-order valence-corrected chi connectivity index (χ1v) is 11.9. The third kappa shape index (κ3) is 4.28. The molecule has 2 aromatic rings. The molecule has 2 rings (SSSR count). The zero-order valence-electron chi connectivity index (χ0n) is 10.7. The van der Waals surface area contributed by atoms with E-state index in [1.807, 2.05) is 38.1 Å². The van der Waals surface area contributed by atoms with E-state index < -0.39 is 39.9 Å². The topological polar surface area (TPSA) is 43.4 Å². The average Bonchev–Trinajstić information content (AvgIpc) is 2.40. The molecule has 0 aliphatic heterocycles. The van der Waals surface area contributed by atoms with Gasteiger partial charge in [-0.1, -0.05) is 0 Å². The molecule has 0 aromatic heterocycles. The number of benzene rings is 2. The van der Waals surface area contributed by atoms with Crippen molar-refractivity contribution in [3.05, 3.63) is 59.7 Å². The van der Waals surface area contributed by atoms with Crippen LogP contribution in [-0.4, -0.2) is 39.9 Å². The Morgan fingerprint density at radius 2 is 1.00 bits per heavy atom. The fourth-order valence-electron chi connectivity index (χ4n) is 1.43. The summed E-state index contributed by atoms with van der Waals surface area (Å²) >= 11 is -6.26. The Labute approximate surface area is 127 Å². The van der Waals surface area contributed by atoms with Crippen LogP contribution in [0.2, 0.25) is 0 Å². The van der Waals surface area contributed by atoms with Gasteiger partial charge < -0.3 is 0 Å². The quantitative estimate of drug-likeness (QED) is 0.613. The van der Waals surface area contributed by atoms with Crippen molar-refractivity contribution in [1.82, 2.24) is 0 Å². The van der Waals surface area contributed by atoms with E-state index in [0.29, 0.717) is 7.22 Å². The molecular formula is C14H14O3Te2. The van der Waals surface area contributed by atoms with Gasteiger partial charge in [-0.15, -0.1) is 0 Å². The minimum absolute atomic E-state index is 0.683. The molecule has 2 aromatic carbocycles. The Hall–Kier alpha value is -0.421. The molecule has 3 nitrogen and oxygen atoms in total. The summed E-state index contributed by atoms with van der Waals surface area (Å²) in [6.07, 6.45) is 0. The maximum atomic E-state index is 12.1. The van der Waals surface area contributed by atoms with Crippen LogP contribution in [0.4, 0.5) is 0 Å². The molecule has 0 heterocycles. The van der Waals surface area contributed by atoms with Crippen LogP contribution >= 0.6 is 0 Å². The van der Waals surface area contributed by atoms with E-state index in [9.17, 15) is 6.21 Å². The van der Waals surface area contributed by atoms with Gasteiger partial charge in [-0.05, 0) is 0 Å². The number of hydrogen-bond acceptors (Lipinski definition) is 3. The van der Waals surface area contributed by atoms with E-state index in [0.717, 1.165) is 11.1 Å². The van der Waals surface area contributed by atoms with Crippen LogP contribution in [0.5, 0.6) is 0 Å². The van der Waals surface area contributed by atoms with Gasteiger partial charge in [0.15, 0.2) is 0 Å². The summed E-state index contributed by atoms with van der Waals surface area (Å²) in [6.45, 7) is 3.93. The molecule has 19 heavy (non-hydrogen) atoms. The zero-order valence-corrected chi connectivity index (χ0v) is 15.3. The van der Waals surface area contributed by atoms with Gasteiger partial charge in [0.1, 0.15) is 0 Å².